The van der Waals surface area contributed by atoms with E-state index in [-0.39, 0.29) is 18.4 Å². The number of hydrogen-bond acceptors (Lipinski definition) is 2. The number of rotatable bonds is 2. The first-order valence-electron chi connectivity index (χ1n) is 7.41. The summed E-state index contributed by atoms with van der Waals surface area (Å²) in [6.07, 6.45) is 6.59. The number of benzene rings is 1. The lowest BCUT2D eigenvalue weighted by Crippen LogP contribution is -2.22. The number of nitrogens with one attached hydrogen (secondary N) is 1. The van der Waals surface area contributed by atoms with Crippen LogP contribution in [0.5, 0.6) is 0 Å². The van der Waals surface area contributed by atoms with Gasteiger partial charge in [0, 0.05) is 16.5 Å². The highest BCUT2D eigenvalue weighted by molar-refractivity contribution is 6.30. The zero-order chi connectivity index (χ0) is 15.1. The summed E-state index contributed by atoms with van der Waals surface area (Å²) in [5, 5.41) is 12.3. The molecule has 2 N–H and O–H groups in total. The van der Waals surface area contributed by atoms with Crippen LogP contribution in [0.4, 0.5) is 5.69 Å². The summed E-state index contributed by atoms with van der Waals surface area (Å²) in [7, 11) is 0. The lowest BCUT2D eigenvalue weighted by atomic mass is 9.99. The van der Waals surface area contributed by atoms with Crippen LogP contribution in [0.2, 0.25) is 5.02 Å². The van der Waals surface area contributed by atoms with E-state index in [9.17, 15) is 4.79 Å². The first kappa shape index (κ1) is 15.9. The molecule has 112 valence electrons. The molecule has 4 heteroatoms. The molecule has 0 bridgehead atoms. The number of carbonyl (C=O) groups is 1. The lowest BCUT2D eigenvalue weighted by molar-refractivity contribution is -0.120. The topological polar surface area (TPSA) is 49.3 Å². The molecule has 1 fully saturated rings. The Balaban J connectivity index is 2.12. The van der Waals surface area contributed by atoms with E-state index in [1.54, 1.807) is 18.2 Å². The zero-order valence-electron chi connectivity index (χ0n) is 12.0. The normalized spacial score (nSPS) is 15.7. The summed E-state index contributed by atoms with van der Waals surface area (Å²) in [5.74, 6) is 5.56. The van der Waals surface area contributed by atoms with Gasteiger partial charge in [0.2, 0.25) is 5.91 Å². The molecule has 1 aliphatic rings. The molecule has 1 aromatic rings. The predicted molar refractivity (Wildman–Crippen MR) is 85.2 cm³/mol. The predicted octanol–water partition coefficient (Wildman–Crippen LogP) is 3.59. The van der Waals surface area contributed by atoms with Gasteiger partial charge >= 0.3 is 0 Å². The summed E-state index contributed by atoms with van der Waals surface area (Å²) in [6.45, 7) is -0.220. The van der Waals surface area contributed by atoms with Crippen molar-refractivity contribution in [2.45, 2.75) is 38.5 Å². The number of carbonyl (C=O) groups excluding carboxylic acids is 1. The van der Waals surface area contributed by atoms with Crippen molar-refractivity contribution < 1.29 is 9.90 Å². The maximum atomic E-state index is 12.4. The SMILES string of the molecule is O=C(Nc1ccc(Cl)cc1C#CCO)C1CCCCCC1. The van der Waals surface area contributed by atoms with Crippen LogP contribution in [-0.4, -0.2) is 17.6 Å². The molecular weight excluding hydrogens is 286 g/mol. The molecule has 0 spiro atoms. The van der Waals surface area contributed by atoms with Gasteiger partial charge in [-0.3, -0.25) is 4.79 Å². The van der Waals surface area contributed by atoms with E-state index in [0.29, 0.717) is 16.3 Å². The van der Waals surface area contributed by atoms with Crippen LogP contribution in [0, 0.1) is 17.8 Å². The van der Waals surface area contributed by atoms with Gasteiger partial charge in [-0.15, -0.1) is 0 Å². The van der Waals surface area contributed by atoms with Crippen molar-refractivity contribution in [3.8, 4) is 11.8 Å². The summed E-state index contributed by atoms with van der Waals surface area (Å²) in [5.41, 5.74) is 1.30. The molecule has 1 saturated carbocycles. The number of amides is 1. The van der Waals surface area contributed by atoms with E-state index in [1.165, 1.54) is 12.8 Å². The fourth-order valence-electron chi connectivity index (χ4n) is 2.64. The summed E-state index contributed by atoms with van der Waals surface area (Å²) >= 11 is 5.96. The van der Waals surface area contributed by atoms with Gasteiger partial charge in [0.15, 0.2) is 0 Å². The van der Waals surface area contributed by atoms with Gasteiger partial charge in [-0.2, -0.15) is 0 Å². The smallest absolute Gasteiger partial charge is 0.227 e. The van der Waals surface area contributed by atoms with Crippen LogP contribution < -0.4 is 5.32 Å². The van der Waals surface area contributed by atoms with Gasteiger partial charge in [0.1, 0.15) is 6.61 Å². The van der Waals surface area contributed by atoms with Crippen molar-refractivity contribution >= 4 is 23.2 Å². The van der Waals surface area contributed by atoms with E-state index in [2.05, 4.69) is 17.2 Å². The Morgan fingerprint density at radius 1 is 1.29 bits per heavy atom. The van der Waals surface area contributed by atoms with E-state index >= 15 is 0 Å². The Morgan fingerprint density at radius 2 is 2.00 bits per heavy atom. The molecule has 1 aromatic carbocycles. The molecule has 0 radical (unpaired) electrons. The Morgan fingerprint density at radius 3 is 2.67 bits per heavy atom. The number of hydrogen-bond donors (Lipinski definition) is 2. The quantitative estimate of drug-likeness (QED) is 0.648. The highest BCUT2D eigenvalue weighted by Crippen LogP contribution is 2.26. The average Bonchev–Trinajstić information content (AvgIpc) is 2.76. The second kappa shape index (κ2) is 8.07. The van der Waals surface area contributed by atoms with Crippen molar-refractivity contribution in [2.75, 3.05) is 11.9 Å². The first-order chi connectivity index (χ1) is 10.2. The van der Waals surface area contributed by atoms with E-state index < -0.39 is 0 Å². The van der Waals surface area contributed by atoms with E-state index in [0.717, 1.165) is 25.7 Å². The van der Waals surface area contributed by atoms with Gasteiger partial charge in [-0.05, 0) is 31.0 Å². The first-order valence-corrected chi connectivity index (χ1v) is 7.78. The third-order valence-corrected chi connectivity index (χ3v) is 4.00. The highest BCUT2D eigenvalue weighted by Gasteiger charge is 2.20. The van der Waals surface area contributed by atoms with Crippen LogP contribution in [0.15, 0.2) is 18.2 Å². The summed E-state index contributed by atoms with van der Waals surface area (Å²) in [6, 6.07) is 5.19. The second-order valence-electron chi connectivity index (χ2n) is 5.33. The van der Waals surface area contributed by atoms with Gasteiger partial charge in [0.25, 0.3) is 0 Å². The van der Waals surface area contributed by atoms with Gasteiger partial charge in [-0.1, -0.05) is 49.1 Å². The van der Waals surface area contributed by atoms with Gasteiger partial charge in [0.05, 0.1) is 5.69 Å². The van der Waals surface area contributed by atoms with E-state index in [1.807, 2.05) is 0 Å². The third-order valence-electron chi connectivity index (χ3n) is 3.77. The van der Waals surface area contributed by atoms with Crippen LogP contribution in [0.3, 0.4) is 0 Å². The molecule has 1 aliphatic carbocycles. The van der Waals surface area contributed by atoms with Crippen molar-refractivity contribution in [1.82, 2.24) is 0 Å². The van der Waals surface area contributed by atoms with Crippen molar-refractivity contribution in [2.24, 2.45) is 5.92 Å². The minimum atomic E-state index is -0.220. The zero-order valence-corrected chi connectivity index (χ0v) is 12.7. The van der Waals surface area contributed by atoms with E-state index in [4.69, 9.17) is 16.7 Å². The number of aliphatic hydroxyl groups is 1. The largest absolute Gasteiger partial charge is 0.384 e. The summed E-state index contributed by atoms with van der Waals surface area (Å²) in [4.78, 5) is 12.4. The molecule has 0 unspecified atom stereocenters. The molecule has 0 aliphatic heterocycles. The van der Waals surface area contributed by atoms with Crippen molar-refractivity contribution in [1.29, 1.82) is 0 Å². The van der Waals surface area contributed by atoms with Crippen LogP contribution in [0.25, 0.3) is 0 Å². The Labute approximate surface area is 130 Å². The number of anilines is 1. The van der Waals surface area contributed by atoms with Crippen molar-refractivity contribution in [3.05, 3.63) is 28.8 Å². The minimum Gasteiger partial charge on any atom is -0.384 e. The van der Waals surface area contributed by atoms with Crippen LogP contribution in [-0.2, 0) is 4.79 Å². The molecule has 0 heterocycles. The van der Waals surface area contributed by atoms with Gasteiger partial charge < -0.3 is 10.4 Å². The Kier molecular flexibility index (Phi) is 6.10. The summed E-state index contributed by atoms with van der Waals surface area (Å²) < 4.78 is 0. The Hall–Kier alpha value is -1.50. The molecule has 0 saturated heterocycles. The van der Waals surface area contributed by atoms with Crippen LogP contribution >= 0.6 is 11.6 Å². The van der Waals surface area contributed by atoms with Gasteiger partial charge in [-0.25, -0.2) is 0 Å². The number of aliphatic hydroxyl groups excluding tert-OH is 1. The fraction of sp³-hybridized carbons (Fsp3) is 0.471. The standard InChI is InChI=1S/C17H20ClNO2/c18-15-9-10-16(14(12-15)8-5-11-20)19-17(21)13-6-3-1-2-4-7-13/h9-10,12-13,20H,1-4,6-7,11H2,(H,19,21). The molecular formula is C17H20ClNO2. The maximum Gasteiger partial charge on any atom is 0.227 e. The Bertz CT molecular complexity index is 552. The molecule has 21 heavy (non-hydrogen) atoms. The van der Waals surface area contributed by atoms with Crippen LogP contribution in [0.1, 0.15) is 44.1 Å². The molecule has 3 nitrogen and oxygen atoms in total. The molecule has 0 aromatic heterocycles. The fourth-order valence-corrected chi connectivity index (χ4v) is 2.81. The second-order valence-corrected chi connectivity index (χ2v) is 5.76. The average molecular weight is 306 g/mol. The highest BCUT2D eigenvalue weighted by atomic mass is 35.5. The number of halogens is 1. The lowest BCUT2D eigenvalue weighted by Gasteiger charge is -2.15. The molecule has 0 atom stereocenters. The maximum absolute atomic E-state index is 12.4. The monoisotopic (exact) mass is 305 g/mol. The molecule has 1 amide bonds. The molecule has 2 rings (SSSR count). The van der Waals surface area contributed by atoms with Crippen molar-refractivity contribution in [3.63, 3.8) is 0 Å². The minimum absolute atomic E-state index is 0.0614. The third kappa shape index (κ3) is 4.77.